The Labute approximate surface area is 122 Å². The van der Waals surface area contributed by atoms with Crippen LogP contribution in [0.2, 0.25) is 0 Å². The predicted octanol–water partition coefficient (Wildman–Crippen LogP) is 2.68. The first-order chi connectivity index (χ1) is 9.29. The molecule has 20 heavy (non-hydrogen) atoms. The standard InChI is InChI=1S/C15H25NO3S/c1-12(2)15(14-9-7-6-8-10-14)16(4)20(17,18)11-13(3)19-5/h6-10,12-13,15H,11H2,1-5H3/t13-,15+/m1/s1. The van der Waals surface area contributed by atoms with E-state index in [1.807, 2.05) is 44.2 Å². The molecular weight excluding hydrogens is 274 g/mol. The van der Waals surface area contributed by atoms with Gasteiger partial charge in [-0.25, -0.2) is 8.42 Å². The van der Waals surface area contributed by atoms with Crippen LogP contribution in [0, 0.1) is 5.92 Å². The highest BCUT2D eigenvalue weighted by Crippen LogP contribution is 2.29. The predicted molar refractivity (Wildman–Crippen MR) is 82.0 cm³/mol. The highest BCUT2D eigenvalue weighted by molar-refractivity contribution is 7.89. The van der Waals surface area contributed by atoms with Crippen LogP contribution >= 0.6 is 0 Å². The Hall–Kier alpha value is -0.910. The maximum Gasteiger partial charge on any atom is 0.216 e. The molecule has 0 radical (unpaired) electrons. The quantitative estimate of drug-likeness (QED) is 0.777. The summed E-state index contributed by atoms with van der Waals surface area (Å²) in [5, 5.41) is 0. The first-order valence-electron chi connectivity index (χ1n) is 6.83. The summed E-state index contributed by atoms with van der Waals surface area (Å²) in [5.41, 5.74) is 1.01. The van der Waals surface area contributed by atoms with Crippen molar-refractivity contribution in [2.45, 2.75) is 32.9 Å². The molecule has 0 heterocycles. The van der Waals surface area contributed by atoms with Crippen LogP contribution in [-0.2, 0) is 14.8 Å². The lowest BCUT2D eigenvalue weighted by atomic mass is 9.96. The third-order valence-electron chi connectivity index (χ3n) is 3.45. The van der Waals surface area contributed by atoms with Gasteiger partial charge in [0.2, 0.25) is 10.0 Å². The second-order valence-electron chi connectivity index (χ2n) is 5.44. The Morgan fingerprint density at radius 1 is 1.15 bits per heavy atom. The van der Waals surface area contributed by atoms with Crippen LogP contribution in [0.3, 0.4) is 0 Å². The maximum absolute atomic E-state index is 12.5. The fourth-order valence-electron chi connectivity index (χ4n) is 2.32. The number of ether oxygens (including phenoxy) is 1. The summed E-state index contributed by atoms with van der Waals surface area (Å²) >= 11 is 0. The van der Waals surface area contributed by atoms with E-state index in [1.165, 1.54) is 11.4 Å². The van der Waals surface area contributed by atoms with Crippen LogP contribution in [0.5, 0.6) is 0 Å². The van der Waals surface area contributed by atoms with E-state index in [4.69, 9.17) is 4.74 Å². The minimum atomic E-state index is -3.36. The van der Waals surface area contributed by atoms with Gasteiger partial charge in [-0.05, 0) is 18.4 Å². The molecule has 0 N–H and O–H groups in total. The number of sulfonamides is 1. The van der Waals surface area contributed by atoms with Gasteiger partial charge in [0.05, 0.1) is 17.9 Å². The Kier molecular flexibility index (Phi) is 6.17. The molecule has 0 fully saturated rings. The van der Waals surface area contributed by atoms with Crippen molar-refractivity contribution in [2.24, 2.45) is 5.92 Å². The average molecular weight is 299 g/mol. The minimum Gasteiger partial charge on any atom is -0.381 e. The average Bonchev–Trinajstić information content (AvgIpc) is 2.39. The first kappa shape index (κ1) is 17.1. The number of benzene rings is 1. The number of methoxy groups -OCH3 is 1. The highest BCUT2D eigenvalue weighted by atomic mass is 32.2. The molecule has 0 bridgehead atoms. The van der Waals surface area contributed by atoms with Gasteiger partial charge in [0.15, 0.2) is 0 Å². The minimum absolute atomic E-state index is 0.00392. The van der Waals surface area contributed by atoms with Gasteiger partial charge in [-0.3, -0.25) is 0 Å². The number of rotatable bonds is 7. The van der Waals surface area contributed by atoms with Gasteiger partial charge in [-0.15, -0.1) is 0 Å². The van der Waals surface area contributed by atoms with E-state index in [0.29, 0.717) is 0 Å². The number of nitrogens with zero attached hydrogens (tertiary/aromatic N) is 1. The van der Waals surface area contributed by atoms with Crippen molar-refractivity contribution >= 4 is 10.0 Å². The van der Waals surface area contributed by atoms with Crippen molar-refractivity contribution in [1.29, 1.82) is 0 Å². The summed E-state index contributed by atoms with van der Waals surface area (Å²) in [7, 11) is -0.182. The Morgan fingerprint density at radius 3 is 2.15 bits per heavy atom. The third-order valence-corrected chi connectivity index (χ3v) is 5.45. The fraction of sp³-hybridized carbons (Fsp3) is 0.600. The van der Waals surface area contributed by atoms with Crippen LogP contribution < -0.4 is 0 Å². The van der Waals surface area contributed by atoms with E-state index in [2.05, 4.69) is 0 Å². The van der Waals surface area contributed by atoms with Crippen LogP contribution in [0.1, 0.15) is 32.4 Å². The van der Waals surface area contributed by atoms with E-state index >= 15 is 0 Å². The van der Waals surface area contributed by atoms with Crippen LogP contribution in [-0.4, -0.2) is 38.7 Å². The zero-order valence-electron chi connectivity index (χ0n) is 12.9. The topological polar surface area (TPSA) is 46.6 Å². The SMILES string of the molecule is CO[C@H](C)CS(=O)(=O)N(C)[C@H](c1ccccc1)C(C)C. The van der Waals surface area contributed by atoms with E-state index in [1.54, 1.807) is 14.0 Å². The van der Waals surface area contributed by atoms with Gasteiger partial charge >= 0.3 is 0 Å². The molecule has 1 aromatic carbocycles. The van der Waals surface area contributed by atoms with Gasteiger partial charge in [0.25, 0.3) is 0 Å². The molecule has 0 amide bonds. The summed E-state index contributed by atoms with van der Waals surface area (Å²) in [6.07, 6.45) is -0.314. The first-order valence-corrected chi connectivity index (χ1v) is 8.44. The Morgan fingerprint density at radius 2 is 1.70 bits per heavy atom. The summed E-state index contributed by atoms with van der Waals surface area (Å²) in [6.45, 7) is 5.82. The lowest BCUT2D eigenvalue weighted by molar-refractivity contribution is 0.134. The molecule has 4 nitrogen and oxygen atoms in total. The molecule has 114 valence electrons. The van der Waals surface area contributed by atoms with E-state index < -0.39 is 10.0 Å². The van der Waals surface area contributed by atoms with Crippen molar-refractivity contribution in [3.05, 3.63) is 35.9 Å². The molecule has 0 saturated heterocycles. The molecule has 0 unspecified atom stereocenters. The molecule has 1 aromatic rings. The van der Waals surface area contributed by atoms with Crippen LogP contribution in [0.15, 0.2) is 30.3 Å². The molecule has 0 saturated carbocycles. The van der Waals surface area contributed by atoms with Crippen molar-refractivity contribution in [2.75, 3.05) is 19.9 Å². The lowest BCUT2D eigenvalue weighted by Gasteiger charge is -2.31. The lowest BCUT2D eigenvalue weighted by Crippen LogP contribution is -2.38. The van der Waals surface area contributed by atoms with Gasteiger partial charge in [-0.2, -0.15) is 4.31 Å². The summed E-state index contributed by atoms with van der Waals surface area (Å²) in [6, 6.07) is 9.58. The van der Waals surface area contributed by atoms with E-state index in [-0.39, 0.29) is 23.8 Å². The van der Waals surface area contributed by atoms with Crippen LogP contribution in [0.25, 0.3) is 0 Å². The summed E-state index contributed by atoms with van der Waals surface area (Å²) < 4.78 is 31.5. The van der Waals surface area contributed by atoms with Gasteiger partial charge in [-0.1, -0.05) is 44.2 Å². The molecule has 0 aliphatic rings. The zero-order chi connectivity index (χ0) is 15.3. The highest BCUT2D eigenvalue weighted by Gasteiger charge is 2.30. The van der Waals surface area contributed by atoms with Crippen molar-refractivity contribution in [3.63, 3.8) is 0 Å². The van der Waals surface area contributed by atoms with E-state index in [9.17, 15) is 8.42 Å². The summed E-state index contributed by atoms with van der Waals surface area (Å²) in [4.78, 5) is 0. The molecule has 2 atom stereocenters. The Balaban J connectivity index is 3.04. The van der Waals surface area contributed by atoms with Crippen molar-refractivity contribution < 1.29 is 13.2 Å². The zero-order valence-corrected chi connectivity index (χ0v) is 13.7. The Bertz CT molecular complexity index is 499. The smallest absolute Gasteiger partial charge is 0.216 e. The molecule has 0 aromatic heterocycles. The molecule has 0 spiro atoms. The number of hydrogen-bond donors (Lipinski definition) is 0. The molecule has 5 heteroatoms. The van der Waals surface area contributed by atoms with Gasteiger partial charge in [0.1, 0.15) is 0 Å². The van der Waals surface area contributed by atoms with Crippen molar-refractivity contribution in [1.82, 2.24) is 4.31 Å². The number of hydrogen-bond acceptors (Lipinski definition) is 3. The van der Waals surface area contributed by atoms with Crippen molar-refractivity contribution in [3.8, 4) is 0 Å². The molecule has 0 aliphatic heterocycles. The normalized spacial score (nSPS) is 15.6. The third kappa shape index (κ3) is 4.30. The van der Waals surface area contributed by atoms with Crippen LogP contribution in [0.4, 0.5) is 0 Å². The molecule has 1 rings (SSSR count). The monoisotopic (exact) mass is 299 g/mol. The molecular formula is C15H25NO3S. The summed E-state index contributed by atoms with van der Waals surface area (Å²) in [5.74, 6) is 0.186. The molecule has 0 aliphatic carbocycles. The second-order valence-corrected chi connectivity index (χ2v) is 7.51. The van der Waals surface area contributed by atoms with E-state index in [0.717, 1.165) is 5.56 Å². The van der Waals surface area contributed by atoms with Gasteiger partial charge in [0, 0.05) is 14.2 Å². The maximum atomic E-state index is 12.5. The fourth-order valence-corrected chi connectivity index (χ4v) is 4.00. The van der Waals surface area contributed by atoms with Gasteiger partial charge < -0.3 is 4.74 Å². The largest absolute Gasteiger partial charge is 0.381 e. The second kappa shape index (κ2) is 7.20.